The van der Waals surface area contributed by atoms with Gasteiger partial charge in [-0.3, -0.25) is 14.9 Å². The molecule has 0 atom stereocenters. The summed E-state index contributed by atoms with van der Waals surface area (Å²) in [6.07, 6.45) is 1.44. The maximum Gasteiger partial charge on any atom is 0.335 e. The van der Waals surface area contributed by atoms with Crippen molar-refractivity contribution in [2.45, 2.75) is 6.61 Å². The van der Waals surface area contributed by atoms with Crippen LogP contribution in [0.25, 0.3) is 16.8 Å². The third kappa shape index (κ3) is 5.04. The molecular formula is C28H17Cl3N2O4. The summed E-state index contributed by atoms with van der Waals surface area (Å²) in [7, 11) is 0. The lowest BCUT2D eigenvalue weighted by molar-refractivity contribution is -0.122. The van der Waals surface area contributed by atoms with Crippen molar-refractivity contribution in [1.82, 2.24) is 5.32 Å². The predicted octanol–water partition coefficient (Wildman–Crippen LogP) is 7.05. The Morgan fingerprint density at radius 1 is 0.838 bits per heavy atom. The number of hydrogen-bond acceptors (Lipinski definition) is 4. The van der Waals surface area contributed by atoms with E-state index in [4.69, 9.17) is 39.5 Å². The molecule has 9 heteroatoms. The number of urea groups is 1. The fourth-order valence-electron chi connectivity index (χ4n) is 3.95. The fraction of sp³-hybridized carbons (Fsp3) is 0.0357. The minimum Gasteiger partial charge on any atom is -0.488 e. The normalized spacial score (nSPS) is 14.8. The number of nitrogens with one attached hydrogen (secondary N) is 1. The maximum absolute atomic E-state index is 13.5. The summed E-state index contributed by atoms with van der Waals surface area (Å²) < 4.78 is 6.10. The van der Waals surface area contributed by atoms with Crippen molar-refractivity contribution in [2.75, 3.05) is 4.90 Å². The van der Waals surface area contributed by atoms with Crippen LogP contribution < -0.4 is 15.0 Å². The highest BCUT2D eigenvalue weighted by atomic mass is 35.5. The van der Waals surface area contributed by atoms with Crippen LogP contribution in [0.1, 0.15) is 11.1 Å². The van der Waals surface area contributed by atoms with E-state index >= 15 is 0 Å². The summed E-state index contributed by atoms with van der Waals surface area (Å²) in [5.74, 6) is -1.16. The molecule has 184 valence electrons. The molecule has 0 bridgehead atoms. The number of carbonyl (C=O) groups excluding carboxylic acids is 3. The highest BCUT2D eigenvalue weighted by Gasteiger charge is 2.37. The first-order chi connectivity index (χ1) is 17.8. The van der Waals surface area contributed by atoms with E-state index in [1.165, 1.54) is 24.3 Å². The number of rotatable bonds is 5. The van der Waals surface area contributed by atoms with Gasteiger partial charge in [0.05, 0.1) is 15.7 Å². The number of ether oxygens (including phenoxy) is 1. The van der Waals surface area contributed by atoms with Gasteiger partial charge in [0.2, 0.25) is 0 Å². The highest BCUT2D eigenvalue weighted by molar-refractivity contribution is 6.43. The van der Waals surface area contributed by atoms with Crippen LogP contribution in [0, 0.1) is 0 Å². The second kappa shape index (κ2) is 10.3. The average Bonchev–Trinajstić information content (AvgIpc) is 2.88. The minimum absolute atomic E-state index is 0.161. The lowest BCUT2D eigenvalue weighted by Crippen LogP contribution is -2.54. The SMILES string of the molecule is O=C1NC(=O)N(c2ccc(Cl)c(Cl)c2)C(=O)/C1=C/c1c(OCc2ccc(Cl)cc2)ccc2ccccc12. The van der Waals surface area contributed by atoms with Crippen LogP contribution in [0.4, 0.5) is 10.5 Å². The van der Waals surface area contributed by atoms with Crippen LogP contribution >= 0.6 is 34.8 Å². The van der Waals surface area contributed by atoms with Crippen LogP contribution in [0.3, 0.4) is 0 Å². The summed E-state index contributed by atoms with van der Waals surface area (Å²) in [5, 5.41) is 4.91. The zero-order valence-corrected chi connectivity index (χ0v) is 21.3. The lowest BCUT2D eigenvalue weighted by Gasteiger charge is -2.26. The number of fused-ring (bicyclic) bond motifs is 1. The van der Waals surface area contributed by atoms with Crippen molar-refractivity contribution < 1.29 is 19.1 Å². The molecule has 0 aliphatic carbocycles. The van der Waals surface area contributed by atoms with E-state index in [0.29, 0.717) is 16.3 Å². The first-order valence-electron chi connectivity index (χ1n) is 11.1. The molecule has 1 N–H and O–H groups in total. The molecule has 5 rings (SSSR count). The molecule has 1 saturated heterocycles. The van der Waals surface area contributed by atoms with E-state index in [9.17, 15) is 14.4 Å². The molecule has 0 spiro atoms. The van der Waals surface area contributed by atoms with Crippen LogP contribution in [0.5, 0.6) is 5.75 Å². The van der Waals surface area contributed by atoms with Crippen molar-refractivity contribution in [3.05, 3.63) is 111 Å². The molecule has 0 unspecified atom stereocenters. The maximum atomic E-state index is 13.5. The molecule has 1 heterocycles. The Balaban J connectivity index is 1.58. The van der Waals surface area contributed by atoms with Gasteiger partial charge in [0.25, 0.3) is 11.8 Å². The Labute approximate surface area is 227 Å². The van der Waals surface area contributed by atoms with E-state index < -0.39 is 17.8 Å². The molecule has 0 saturated carbocycles. The quantitative estimate of drug-likeness (QED) is 0.213. The van der Waals surface area contributed by atoms with Gasteiger partial charge in [-0.25, -0.2) is 9.69 Å². The van der Waals surface area contributed by atoms with Crippen molar-refractivity contribution in [2.24, 2.45) is 0 Å². The van der Waals surface area contributed by atoms with Gasteiger partial charge < -0.3 is 4.74 Å². The number of anilines is 1. The molecule has 4 amide bonds. The van der Waals surface area contributed by atoms with Gasteiger partial charge >= 0.3 is 6.03 Å². The zero-order chi connectivity index (χ0) is 26.1. The Morgan fingerprint density at radius 2 is 1.59 bits per heavy atom. The average molecular weight is 552 g/mol. The third-order valence-corrected chi connectivity index (χ3v) is 6.78. The number of carbonyl (C=O) groups is 3. The first kappa shape index (κ1) is 24.8. The van der Waals surface area contributed by atoms with Crippen molar-refractivity contribution in [3.63, 3.8) is 0 Å². The van der Waals surface area contributed by atoms with Crippen LogP contribution in [-0.4, -0.2) is 17.8 Å². The fourth-order valence-corrected chi connectivity index (χ4v) is 4.37. The number of halogens is 3. The standard InChI is InChI=1S/C28H17Cl3N2O4/c29-18-8-5-16(6-9-18)15-37-25-12-7-17-3-1-2-4-20(17)21(25)14-22-26(34)32-28(36)33(27(22)35)19-10-11-23(30)24(31)13-19/h1-14H,15H2,(H,32,34,36)/b22-14+. The molecule has 1 aliphatic rings. The molecule has 37 heavy (non-hydrogen) atoms. The highest BCUT2D eigenvalue weighted by Crippen LogP contribution is 2.33. The molecule has 6 nitrogen and oxygen atoms in total. The second-order valence-electron chi connectivity index (χ2n) is 8.17. The van der Waals surface area contributed by atoms with E-state index in [-0.39, 0.29) is 27.9 Å². The zero-order valence-electron chi connectivity index (χ0n) is 19.0. The number of hydrogen-bond donors (Lipinski definition) is 1. The summed E-state index contributed by atoms with van der Waals surface area (Å²) >= 11 is 18.1. The Morgan fingerprint density at radius 3 is 2.35 bits per heavy atom. The van der Waals surface area contributed by atoms with Gasteiger partial charge in [-0.1, -0.05) is 77.3 Å². The van der Waals surface area contributed by atoms with Crippen LogP contribution in [-0.2, 0) is 16.2 Å². The number of benzene rings is 4. The predicted molar refractivity (Wildman–Crippen MR) is 145 cm³/mol. The summed E-state index contributed by atoms with van der Waals surface area (Å²) in [6, 6.07) is 21.8. The Hall–Kier alpha value is -3.84. The van der Waals surface area contributed by atoms with Gasteiger partial charge in [0.15, 0.2) is 0 Å². The van der Waals surface area contributed by atoms with Crippen LogP contribution in [0.2, 0.25) is 15.1 Å². The van der Waals surface area contributed by atoms with Crippen LogP contribution in [0.15, 0.2) is 84.4 Å². The second-order valence-corrected chi connectivity index (χ2v) is 9.42. The Bertz CT molecular complexity index is 1600. The van der Waals surface area contributed by atoms with E-state index in [1.807, 2.05) is 42.5 Å². The molecule has 0 aromatic heterocycles. The number of barbiturate groups is 1. The minimum atomic E-state index is -0.886. The smallest absolute Gasteiger partial charge is 0.335 e. The summed E-state index contributed by atoms with van der Waals surface area (Å²) in [6.45, 7) is 0.236. The molecular weight excluding hydrogens is 535 g/mol. The Kier molecular flexibility index (Phi) is 6.89. The van der Waals surface area contributed by atoms with E-state index in [2.05, 4.69) is 5.32 Å². The van der Waals surface area contributed by atoms with Gasteiger partial charge in [0, 0.05) is 10.6 Å². The molecule has 0 radical (unpaired) electrons. The first-order valence-corrected chi connectivity index (χ1v) is 12.2. The molecule has 1 fully saturated rings. The summed E-state index contributed by atoms with van der Waals surface area (Å²) in [5.41, 5.74) is 1.35. The van der Waals surface area contributed by atoms with Gasteiger partial charge in [-0.05, 0) is 58.8 Å². The van der Waals surface area contributed by atoms with Gasteiger partial charge in [-0.15, -0.1) is 0 Å². The van der Waals surface area contributed by atoms with E-state index in [0.717, 1.165) is 21.2 Å². The monoisotopic (exact) mass is 550 g/mol. The molecule has 4 aromatic carbocycles. The largest absolute Gasteiger partial charge is 0.488 e. The summed E-state index contributed by atoms with van der Waals surface area (Å²) in [4.78, 5) is 39.7. The molecule has 4 aromatic rings. The van der Waals surface area contributed by atoms with Crippen molar-refractivity contribution >= 4 is 75.2 Å². The third-order valence-electron chi connectivity index (χ3n) is 5.79. The van der Waals surface area contributed by atoms with Gasteiger partial charge in [0.1, 0.15) is 17.9 Å². The van der Waals surface area contributed by atoms with Crippen molar-refractivity contribution in [3.8, 4) is 5.75 Å². The number of nitrogens with zero attached hydrogens (tertiary/aromatic N) is 1. The van der Waals surface area contributed by atoms with Crippen molar-refractivity contribution in [1.29, 1.82) is 0 Å². The lowest BCUT2D eigenvalue weighted by atomic mass is 9.99. The number of imide groups is 2. The van der Waals surface area contributed by atoms with Gasteiger partial charge in [-0.2, -0.15) is 0 Å². The van der Waals surface area contributed by atoms with E-state index in [1.54, 1.807) is 18.2 Å². The number of amides is 4. The topological polar surface area (TPSA) is 75.7 Å². The molecule has 1 aliphatic heterocycles.